The second-order valence-electron chi connectivity index (χ2n) is 14.4. The van der Waals surface area contributed by atoms with Crippen molar-refractivity contribution in [2.24, 2.45) is 0 Å². The summed E-state index contributed by atoms with van der Waals surface area (Å²) in [5.74, 6) is -0.988. The number of aliphatic hydroxyl groups is 2. The van der Waals surface area contributed by atoms with E-state index in [0.29, 0.717) is 19.3 Å². The second-order valence-corrected chi connectivity index (χ2v) is 15.8. The highest BCUT2D eigenvalue weighted by atomic mass is 31.2. The summed E-state index contributed by atoms with van der Waals surface area (Å²) in [6.07, 6.45) is 42.2. The molecule has 0 bridgehead atoms. The van der Waals surface area contributed by atoms with Gasteiger partial charge in [-0.25, -0.2) is 4.57 Å². The number of hydrogen-bond acceptors (Lipinski definition) is 9. The number of phosphoric acid groups is 1. The van der Waals surface area contributed by atoms with E-state index in [2.05, 4.69) is 54.8 Å². The minimum absolute atomic E-state index is 0.109. The predicted octanol–water partition coefficient (Wildman–Crippen LogP) is 11.3. The average Bonchev–Trinajstić information content (AvgIpc) is 3.17. The zero-order valence-corrected chi connectivity index (χ0v) is 35.5. The van der Waals surface area contributed by atoms with Crippen LogP contribution in [0.25, 0.3) is 0 Å². The molecule has 0 aliphatic rings. The third-order valence-electron chi connectivity index (χ3n) is 8.99. The molecule has 0 aliphatic heterocycles. The molecule has 10 nitrogen and oxygen atoms in total. The number of carbonyl (C=O) groups is 2. The van der Waals surface area contributed by atoms with Gasteiger partial charge in [0.15, 0.2) is 6.10 Å². The fraction of sp³-hybridized carbons (Fsp3) is 0.773. The van der Waals surface area contributed by atoms with E-state index in [1.165, 1.54) is 89.9 Å². The van der Waals surface area contributed by atoms with Crippen LogP contribution in [0.5, 0.6) is 0 Å². The topological polar surface area (TPSA) is 149 Å². The summed E-state index contributed by atoms with van der Waals surface area (Å²) in [4.78, 5) is 34.9. The molecule has 0 spiro atoms. The lowest BCUT2D eigenvalue weighted by molar-refractivity contribution is -0.161. The SMILES string of the molecule is CCCCC/C=C\C/C=C\C/C=C\C/C=C\CCCC(=O)O[C@H](COC(=O)CCCCCCCCCCCCCCCCC)COP(=O)(O)OCC(O)CO. The minimum Gasteiger partial charge on any atom is -0.462 e. The van der Waals surface area contributed by atoms with Crippen LogP contribution in [0, 0.1) is 0 Å². The molecule has 55 heavy (non-hydrogen) atoms. The van der Waals surface area contributed by atoms with Crippen molar-refractivity contribution < 1.29 is 47.8 Å². The fourth-order valence-corrected chi connectivity index (χ4v) is 6.42. The van der Waals surface area contributed by atoms with Crippen molar-refractivity contribution in [3.05, 3.63) is 48.6 Å². The molecule has 320 valence electrons. The van der Waals surface area contributed by atoms with Gasteiger partial charge in [-0.3, -0.25) is 18.6 Å². The molecule has 0 amide bonds. The highest BCUT2D eigenvalue weighted by Crippen LogP contribution is 2.43. The van der Waals surface area contributed by atoms with Gasteiger partial charge in [0.2, 0.25) is 0 Å². The van der Waals surface area contributed by atoms with E-state index in [-0.39, 0.29) is 19.4 Å². The maximum Gasteiger partial charge on any atom is 0.472 e. The Labute approximate surface area is 334 Å². The third-order valence-corrected chi connectivity index (χ3v) is 9.94. The lowest BCUT2D eigenvalue weighted by Crippen LogP contribution is -2.29. The number of rotatable bonds is 40. The first-order valence-electron chi connectivity index (χ1n) is 21.6. The number of allylic oxidation sites excluding steroid dienone is 8. The number of aliphatic hydroxyl groups excluding tert-OH is 2. The normalized spacial score (nSPS) is 14.3. The Morgan fingerprint density at radius 2 is 0.964 bits per heavy atom. The highest BCUT2D eigenvalue weighted by molar-refractivity contribution is 7.47. The van der Waals surface area contributed by atoms with Crippen LogP contribution in [0.4, 0.5) is 0 Å². The first kappa shape index (κ1) is 52.9. The monoisotopic (exact) mass is 799 g/mol. The summed E-state index contributed by atoms with van der Waals surface area (Å²) < 4.78 is 32.6. The Kier molecular flexibility index (Phi) is 38.6. The van der Waals surface area contributed by atoms with E-state index in [0.717, 1.165) is 44.9 Å². The van der Waals surface area contributed by atoms with Gasteiger partial charge in [-0.2, -0.15) is 0 Å². The Bertz CT molecular complexity index is 1060. The molecule has 0 aliphatic carbocycles. The van der Waals surface area contributed by atoms with Gasteiger partial charge in [0, 0.05) is 12.8 Å². The van der Waals surface area contributed by atoms with Crippen molar-refractivity contribution in [3.63, 3.8) is 0 Å². The van der Waals surface area contributed by atoms with Gasteiger partial charge in [0.05, 0.1) is 19.8 Å². The van der Waals surface area contributed by atoms with Gasteiger partial charge in [0.1, 0.15) is 12.7 Å². The first-order chi connectivity index (χ1) is 26.7. The van der Waals surface area contributed by atoms with Crippen LogP contribution in [-0.4, -0.2) is 65.7 Å². The number of phosphoric ester groups is 1. The van der Waals surface area contributed by atoms with Crippen LogP contribution >= 0.6 is 7.82 Å². The van der Waals surface area contributed by atoms with E-state index in [1.54, 1.807) is 0 Å². The molecule has 0 saturated heterocycles. The van der Waals surface area contributed by atoms with E-state index in [4.69, 9.17) is 19.1 Å². The number of carbonyl (C=O) groups excluding carboxylic acids is 2. The molecule has 0 aromatic carbocycles. The van der Waals surface area contributed by atoms with Gasteiger partial charge >= 0.3 is 19.8 Å². The van der Waals surface area contributed by atoms with E-state index in [1.807, 2.05) is 12.2 Å². The maximum atomic E-state index is 12.6. The van der Waals surface area contributed by atoms with Crippen molar-refractivity contribution >= 4 is 19.8 Å². The molecule has 3 atom stereocenters. The summed E-state index contributed by atoms with van der Waals surface area (Å²) in [7, 11) is -4.63. The lowest BCUT2D eigenvalue weighted by Gasteiger charge is -2.20. The molecule has 0 rings (SSSR count). The largest absolute Gasteiger partial charge is 0.472 e. The summed E-state index contributed by atoms with van der Waals surface area (Å²) in [5, 5.41) is 18.3. The zero-order valence-electron chi connectivity index (χ0n) is 34.6. The van der Waals surface area contributed by atoms with Crippen LogP contribution in [0.1, 0.15) is 181 Å². The standard InChI is InChI=1S/C44H79O10P/c1-3-5-7-9-11-13-15-17-19-20-22-24-26-28-30-32-34-36-44(48)54-42(40-53-55(49,50)52-38-41(46)37-45)39-51-43(47)35-33-31-29-27-25-23-21-18-16-14-12-10-8-6-4-2/h11,13,17,19,22,24,28,30,41-42,45-46H,3-10,12,14-16,18,20-21,23,25-27,29,31-40H2,1-2H3,(H,49,50)/b13-11-,19-17-,24-22-,30-28-/t41?,42-/m1/s1. The van der Waals surface area contributed by atoms with Crippen LogP contribution < -0.4 is 0 Å². The minimum atomic E-state index is -4.63. The fourth-order valence-electron chi connectivity index (χ4n) is 5.63. The van der Waals surface area contributed by atoms with Crippen LogP contribution in [0.2, 0.25) is 0 Å². The Morgan fingerprint density at radius 1 is 0.545 bits per heavy atom. The average molecular weight is 799 g/mol. The molecular formula is C44H79O10P. The Balaban J connectivity index is 4.39. The summed E-state index contributed by atoms with van der Waals surface area (Å²) in [6, 6.07) is 0. The molecular weight excluding hydrogens is 719 g/mol. The van der Waals surface area contributed by atoms with Gasteiger partial charge in [0.25, 0.3) is 0 Å². The van der Waals surface area contributed by atoms with Crippen molar-refractivity contribution in [1.29, 1.82) is 0 Å². The van der Waals surface area contributed by atoms with Crippen molar-refractivity contribution in [2.75, 3.05) is 26.4 Å². The van der Waals surface area contributed by atoms with Gasteiger partial charge < -0.3 is 24.6 Å². The quantitative estimate of drug-likeness (QED) is 0.0237. The Hall–Kier alpha value is -2.07. The smallest absolute Gasteiger partial charge is 0.462 e. The molecule has 0 aromatic rings. The number of esters is 2. The predicted molar refractivity (Wildman–Crippen MR) is 224 cm³/mol. The molecule has 2 unspecified atom stereocenters. The van der Waals surface area contributed by atoms with Crippen LogP contribution in [0.15, 0.2) is 48.6 Å². The van der Waals surface area contributed by atoms with Crippen molar-refractivity contribution in [2.45, 2.75) is 193 Å². The summed E-state index contributed by atoms with van der Waals surface area (Å²) in [5.41, 5.74) is 0. The number of ether oxygens (including phenoxy) is 2. The van der Waals surface area contributed by atoms with Crippen LogP contribution in [0.3, 0.4) is 0 Å². The van der Waals surface area contributed by atoms with Gasteiger partial charge in [-0.1, -0.05) is 165 Å². The van der Waals surface area contributed by atoms with Gasteiger partial charge in [-0.05, 0) is 51.4 Å². The van der Waals surface area contributed by atoms with Crippen molar-refractivity contribution in [1.82, 2.24) is 0 Å². The number of hydrogen-bond donors (Lipinski definition) is 3. The molecule has 11 heteroatoms. The summed E-state index contributed by atoms with van der Waals surface area (Å²) in [6.45, 7) is 2.29. The number of unbranched alkanes of at least 4 members (excludes halogenated alkanes) is 18. The molecule has 0 heterocycles. The third kappa shape index (κ3) is 39.9. The lowest BCUT2D eigenvalue weighted by atomic mass is 10.0. The maximum absolute atomic E-state index is 12.6. The van der Waals surface area contributed by atoms with E-state index >= 15 is 0 Å². The van der Waals surface area contributed by atoms with E-state index < -0.39 is 51.8 Å². The van der Waals surface area contributed by atoms with Crippen molar-refractivity contribution in [3.8, 4) is 0 Å². The molecule has 0 fully saturated rings. The molecule has 0 saturated carbocycles. The van der Waals surface area contributed by atoms with Crippen LogP contribution in [-0.2, 0) is 32.7 Å². The molecule has 0 aromatic heterocycles. The highest BCUT2D eigenvalue weighted by Gasteiger charge is 2.27. The first-order valence-corrected chi connectivity index (χ1v) is 23.1. The Morgan fingerprint density at radius 3 is 1.47 bits per heavy atom. The zero-order chi connectivity index (χ0) is 40.5. The van der Waals surface area contributed by atoms with E-state index in [9.17, 15) is 24.2 Å². The molecule has 3 N–H and O–H groups in total. The molecule has 0 radical (unpaired) electrons. The van der Waals surface area contributed by atoms with Gasteiger partial charge in [-0.15, -0.1) is 0 Å². The second kappa shape index (κ2) is 40.1. The summed E-state index contributed by atoms with van der Waals surface area (Å²) >= 11 is 0.